The van der Waals surface area contributed by atoms with Crippen molar-refractivity contribution >= 4 is 17.6 Å². The second-order valence-electron chi connectivity index (χ2n) is 12.6. The summed E-state index contributed by atoms with van der Waals surface area (Å²) < 4.78 is 18.1. The quantitative estimate of drug-likeness (QED) is 0.0878. The van der Waals surface area contributed by atoms with Gasteiger partial charge in [-0.1, -0.05) is 60.1 Å². The molecule has 5 rings (SSSR count). The predicted molar refractivity (Wildman–Crippen MR) is 200 cm³/mol. The highest BCUT2D eigenvalue weighted by molar-refractivity contribution is 6.32. The summed E-state index contributed by atoms with van der Waals surface area (Å²) in [5, 5.41) is 31.9. The Bertz CT molecular complexity index is 2130. The largest absolute Gasteiger partial charge is 0.496 e. The van der Waals surface area contributed by atoms with Crippen molar-refractivity contribution < 1.29 is 29.2 Å². The molecule has 0 spiro atoms. The van der Waals surface area contributed by atoms with Gasteiger partial charge in [0.05, 0.1) is 24.3 Å². The molecule has 0 amide bonds. The van der Waals surface area contributed by atoms with Crippen LogP contribution >= 0.6 is 11.6 Å². The van der Waals surface area contributed by atoms with E-state index in [1.165, 1.54) is 13.1 Å². The summed E-state index contributed by atoms with van der Waals surface area (Å²) in [5.41, 5.74) is 14.3. The molecule has 1 atom stereocenters. The second kappa shape index (κ2) is 16.7. The smallest absolute Gasteiger partial charge is 0.326 e. The Morgan fingerprint density at radius 1 is 0.904 bits per heavy atom. The number of aliphatic carboxylic acids is 1. The number of nitrogens with two attached hydrogens (primary N) is 1. The van der Waals surface area contributed by atoms with E-state index in [2.05, 4.69) is 54.5 Å². The van der Waals surface area contributed by atoms with Gasteiger partial charge < -0.3 is 30.2 Å². The second-order valence-corrected chi connectivity index (χ2v) is 13.0. The highest BCUT2D eigenvalue weighted by atomic mass is 35.5. The van der Waals surface area contributed by atoms with E-state index in [0.717, 1.165) is 50.3 Å². The van der Waals surface area contributed by atoms with Gasteiger partial charge in [-0.2, -0.15) is 5.26 Å². The van der Waals surface area contributed by atoms with Crippen LogP contribution in [0.15, 0.2) is 85.2 Å². The number of aliphatic hydroxyl groups is 1. The lowest BCUT2D eigenvalue weighted by Crippen LogP contribution is -2.52. The number of aromatic nitrogens is 1. The van der Waals surface area contributed by atoms with Crippen molar-refractivity contribution in [2.45, 2.75) is 52.6 Å². The SMILES string of the molecule is COc1cc(-c2cccc(-c3cccc(COc4cc(OCc5cncc(C#N)c5)c(CN[C@@](C)(CO)C(=O)O)cc4Cl)c3C)c2C)ccc1CN. The van der Waals surface area contributed by atoms with Crippen molar-refractivity contribution in [2.24, 2.45) is 5.73 Å². The first-order chi connectivity index (χ1) is 25.0. The fourth-order valence-electron chi connectivity index (χ4n) is 5.85. The van der Waals surface area contributed by atoms with Crippen LogP contribution in [0.1, 0.15) is 45.9 Å². The number of pyridine rings is 1. The molecule has 11 heteroatoms. The number of carboxylic acid groups (broad SMARTS) is 1. The summed E-state index contributed by atoms with van der Waals surface area (Å²) in [5.74, 6) is 0.300. The Labute approximate surface area is 308 Å². The Kier molecular flexibility index (Phi) is 12.2. The summed E-state index contributed by atoms with van der Waals surface area (Å²) in [7, 11) is 1.65. The minimum atomic E-state index is -1.59. The van der Waals surface area contributed by atoms with Crippen LogP contribution < -0.4 is 25.3 Å². The Hall–Kier alpha value is -5.44. The number of benzene rings is 4. The number of nitrogens with one attached hydrogen (secondary N) is 1. The minimum absolute atomic E-state index is 0.0265. The van der Waals surface area contributed by atoms with Gasteiger partial charge in [0.1, 0.15) is 42.1 Å². The molecule has 52 heavy (non-hydrogen) atoms. The zero-order chi connectivity index (χ0) is 37.4. The lowest BCUT2D eigenvalue weighted by atomic mass is 9.89. The molecular weight excluding hydrogens is 680 g/mol. The van der Waals surface area contributed by atoms with Gasteiger partial charge in [0.15, 0.2) is 0 Å². The molecule has 0 aliphatic heterocycles. The van der Waals surface area contributed by atoms with E-state index in [-0.39, 0.29) is 19.8 Å². The summed E-state index contributed by atoms with van der Waals surface area (Å²) in [6, 6.07) is 25.5. The van der Waals surface area contributed by atoms with E-state index < -0.39 is 18.1 Å². The number of carbonyl (C=O) groups is 1. The van der Waals surface area contributed by atoms with Gasteiger partial charge in [-0.05, 0) is 77.9 Å². The lowest BCUT2D eigenvalue weighted by Gasteiger charge is -2.25. The fraction of sp³-hybridized carbons (Fsp3) is 0.244. The van der Waals surface area contributed by atoms with Crippen molar-refractivity contribution in [2.75, 3.05) is 13.7 Å². The van der Waals surface area contributed by atoms with Gasteiger partial charge >= 0.3 is 5.97 Å². The summed E-state index contributed by atoms with van der Waals surface area (Å²) >= 11 is 6.74. The summed E-state index contributed by atoms with van der Waals surface area (Å²) in [6.45, 7) is 5.65. The van der Waals surface area contributed by atoms with Crippen LogP contribution in [-0.2, 0) is 31.1 Å². The summed E-state index contributed by atoms with van der Waals surface area (Å²) in [6.07, 6.45) is 3.06. The average molecular weight is 721 g/mol. The number of carboxylic acids is 1. The van der Waals surface area contributed by atoms with Gasteiger partial charge in [-0.25, -0.2) is 0 Å². The maximum absolute atomic E-state index is 11.8. The van der Waals surface area contributed by atoms with Crippen LogP contribution in [0.5, 0.6) is 17.2 Å². The van der Waals surface area contributed by atoms with E-state index >= 15 is 0 Å². The van der Waals surface area contributed by atoms with E-state index in [1.807, 2.05) is 30.3 Å². The molecule has 0 saturated heterocycles. The van der Waals surface area contributed by atoms with Gasteiger partial charge in [0.2, 0.25) is 0 Å². The van der Waals surface area contributed by atoms with Crippen LogP contribution in [0.2, 0.25) is 5.02 Å². The number of hydrogen-bond donors (Lipinski definition) is 4. The molecule has 5 N–H and O–H groups in total. The molecule has 0 saturated carbocycles. The number of methoxy groups -OCH3 is 1. The maximum Gasteiger partial charge on any atom is 0.326 e. The molecule has 1 heterocycles. The highest BCUT2D eigenvalue weighted by Gasteiger charge is 2.32. The Morgan fingerprint density at radius 2 is 1.62 bits per heavy atom. The third kappa shape index (κ3) is 8.36. The van der Waals surface area contributed by atoms with Crippen LogP contribution in [0, 0.1) is 25.2 Å². The standard InChI is InChI=1S/C41H41ClN4O6/c1-25-31(7-5-9-34(25)35-10-6-8-33(26(35)2)29-11-12-30(18-44)37(15-29)50-4)23-52-39-16-38(51-22-28-13-27(17-43)19-45-20-28)32(14-36(39)42)21-46-41(3,24-47)40(48)49/h5-16,19-20,46-47H,18,21-24,44H2,1-4H3,(H,48,49)/t41-/m0/s1. The average Bonchev–Trinajstić information content (AvgIpc) is 3.16. The first-order valence-corrected chi connectivity index (χ1v) is 17.0. The van der Waals surface area contributed by atoms with Gasteiger partial charge in [-0.3, -0.25) is 15.1 Å². The van der Waals surface area contributed by atoms with Crippen molar-refractivity contribution in [3.8, 4) is 45.6 Å². The first kappa shape index (κ1) is 37.8. The number of nitrogens with zero attached hydrogens (tertiary/aromatic N) is 2. The number of aliphatic hydroxyl groups excluding tert-OH is 1. The van der Waals surface area contributed by atoms with Crippen molar-refractivity contribution in [1.29, 1.82) is 5.26 Å². The molecular formula is C41H41ClN4O6. The van der Waals surface area contributed by atoms with Crippen molar-refractivity contribution in [3.05, 3.63) is 129 Å². The molecule has 268 valence electrons. The molecule has 0 aliphatic carbocycles. The van der Waals surface area contributed by atoms with E-state index in [1.54, 1.807) is 31.5 Å². The predicted octanol–water partition coefficient (Wildman–Crippen LogP) is 7.11. The Balaban J connectivity index is 1.42. The third-order valence-electron chi connectivity index (χ3n) is 9.16. The molecule has 1 aromatic heterocycles. The van der Waals surface area contributed by atoms with Crippen molar-refractivity contribution in [3.63, 3.8) is 0 Å². The van der Waals surface area contributed by atoms with Gasteiger partial charge in [0, 0.05) is 48.2 Å². The summed E-state index contributed by atoms with van der Waals surface area (Å²) in [4.78, 5) is 15.9. The normalized spacial score (nSPS) is 12.1. The molecule has 0 radical (unpaired) electrons. The zero-order valence-corrected chi connectivity index (χ0v) is 30.3. The third-order valence-corrected chi connectivity index (χ3v) is 9.46. The number of nitriles is 1. The van der Waals surface area contributed by atoms with E-state index in [9.17, 15) is 20.3 Å². The number of halogens is 1. The molecule has 0 aliphatic rings. The van der Waals surface area contributed by atoms with Crippen molar-refractivity contribution in [1.82, 2.24) is 10.3 Å². The number of ether oxygens (including phenoxy) is 3. The molecule has 0 fully saturated rings. The molecule has 10 nitrogen and oxygen atoms in total. The van der Waals surface area contributed by atoms with Gasteiger partial charge in [0.25, 0.3) is 0 Å². The van der Waals surface area contributed by atoms with E-state index in [0.29, 0.717) is 39.8 Å². The minimum Gasteiger partial charge on any atom is -0.496 e. The molecule has 5 aromatic rings. The maximum atomic E-state index is 11.8. The topological polar surface area (TPSA) is 160 Å². The van der Waals surface area contributed by atoms with Crippen LogP contribution in [0.25, 0.3) is 22.3 Å². The fourth-order valence-corrected chi connectivity index (χ4v) is 6.09. The molecule has 4 aromatic carbocycles. The zero-order valence-electron chi connectivity index (χ0n) is 29.5. The Morgan fingerprint density at radius 3 is 2.31 bits per heavy atom. The van der Waals surface area contributed by atoms with E-state index in [4.69, 9.17) is 31.5 Å². The number of rotatable bonds is 15. The number of hydrogen-bond acceptors (Lipinski definition) is 9. The van der Waals surface area contributed by atoms with Crippen LogP contribution in [0.4, 0.5) is 0 Å². The van der Waals surface area contributed by atoms with Crippen LogP contribution in [0.3, 0.4) is 0 Å². The van der Waals surface area contributed by atoms with Gasteiger partial charge in [-0.15, -0.1) is 0 Å². The van der Waals surface area contributed by atoms with Crippen LogP contribution in [-0.4, -0.2) is 40.4 Å². The molecule has 0 unspecified atom stereocenters. The monoisotopic (exact) mass is 720 g/mol. The first-order valence-electron chi connectivity index (χ1n) is 16.6. The highest BCUT2D eigenvalue weighted by Crippen LogP contribution is 2.38. The molecule has 0 bridgehead atoms. The lowest BCUT2D eigenvalue weighted by molar-refractivity contribution is -0.145.